The number of carbonyl (C=O) groups excluding carboxylic acids is 1. The zero-order valence-corrected chi connectivity index (χ0v) is 15.4. The normalized spacial score (nSPS) is 12.6. The Hall–Kier alpha value is -3.12. The maximum atomic E-state index is 12.6. The van der Waals surface area contributed by atoms with Crippen LogP contribution in [0.2, 0.25) is 0 Å². The van der Waals surface area contributed by atoms with Crippen molar-refractivity contribution in [3.63, 3.8) is 0 Å². The second kappa shape index (κ2) is 6.25. The van der Waals surface area contributed by atoms with Crippen molar-refractivity contribution in [1.29, 1.82) is 0 Å². The molecule has 5 nitrogen and oxygen atoms in total. The number of fused-ring (bicyclic) bond motifs is 3. The molecule has 27 heavy (non-hydrogen) atoms. The Kier molecular flexibility index (Phi) is 3.72. The van der Waals surface area contributed by atoms with Crippen LogP contribution in [0, 0.1) is 6.92 Å². The lowest BCUT2D eigenvalue weighted by Crippen LogP contribution is -2.21. The van der Waals surface area contributed by atoms with E-state index in [1.807, 2.05) is 36.4 Å². The SMILES string of the molecule is Cc1ccc2nc3sc(C(=O)NCc4ccc5c(c4)OCO5)cc3cc2c1. The predicted molar refractivity (Wildman–Crippen MR) is 106 cm³/mol. The number of nitrogens with one attached hydrogen (secondary N) is 1. The maximum absolute atomic E-state index is 12.6. The number of carbonyl (C=O) groups is 1. The molecule has 4 aromatic rings. The number of hydrogen-bond donors (Lipinski definition) is 1. The average Bonchev–Trinajstić information content (AvgIpc) is 3.30. The number of benzene rings is 2. The average molecular weight is 376 g/mol. The highest BCUT2D eigenvalue weighted by molar-refractivity contribution is 7.20. The van der Waals surface area contributed by atoms with Crippen LogP contribution in [0.1, 0.15) is 20.8 Å². The largest absolute Gasteiger partial charge is 0.454 e. The highest BCUT2D eigenvalue weighted by Crippen LogP contribution is 2.32. The number of thiophene rings is 1. The van der Waals surface area contributed by atoms with Gasteiger partial charge in [-0.25, -0.2) is 4.98 Å². The molecule has 6 heteroatoms. The van der Waals surface area contributed by atoms with Crippen molar-refractivity contribution in [2.24, 2.45) is 0 Å². The molecule has 1 N–H and O–H groups in total. The van der Waals surface area contributed by atoms with Gasteiger partial charge >= 0.3 is 0 Å². The minimum absolute atomic E-state index is 0.101. The molecule has 0 fully saturated rings. The lowest BCUT2D eigenvalue weighted by molar-refractivity contribution is 0.0955. The number of rotatable bonds is 3. The summed E-state index contributed by atoms with van der Waals surface area (Å²) in [5.41, 5.74) is 3.11. The van der Waals surface area contributed by atoms with E-state index in [2.05, 4.69) is 29.4 Å². The van der Waals surface area contributed by atoms with Crippen molar-refractivity contribution in [1.82, 2.24) is 10.3 Å². The van der Waals surface area contributed by atoms with Crippen LogP contribution in [0.4, 0.5) is 0 Å². The van der Waals surface area contributed by atoms with Gasteiger partial charge in [0.1, 0.15) is 4.83 Å². The fraction of sp³-hybridized carbons (Fsp3) is 0.143. The molecule has 0 aliphatic carbocycles. The molecule has 2 aromatic heterocycles. The summed E-state index contributed by atoms with van der Waals surface area (Å²) in [6.07, 6.45) is 0. The Morgan fingerprint density at radius 3 is 2.89 bits per heavy atom. The van der Waals surface area contributed by atoms with E-state index in [9.17, 15) is 4.79 Å². The zero-order valence-electron chi connectivity index (χ0n) is 14.6. The summed E-state index contributed by atoms with van der Waals surface area (Å²) in [6.45, 7) is 2.73. The molecular formula is C21H16N2O3S. The van der Waals surface area contributed by atoms with E-state index in [1.54, 1.807) is 0 Å². The molecule has 0 saturated heterocycles. The fourth-order valence-electron chi connectivity index (χ4n) is 3.19. The van der Waals surface area contributed by atoms with E-state index in [4.69, 9.17) is 9.47 Å². The minimum Gasteiger partial charge on any atom is -0.454 e. The number of ether oxygens (including phenoxy) is 2. The molecule has 0 bridgehead atoms. The summed E-state index contributed by atoms with van der Waals surface area (Å²) >= 11 is 1.41. The molecule has 0 radical (unpaired) electrons. The molecule has 134 valence electrons. The number of nitrogens with zero attached hydrogens (tertiary/aromatic N) is 1. The highest BCUT2D eigenvalue weighted by atomic mass is 32.1. The van der Waals surface area contributed by atoms with Crippen LogP contribution in [0.25, 0.3) is 21.1 Å². The van der Waals surface area contributed by atoms with Gasteiger partial charge in [-0.3, -0.25) is 4.79 Å². The smallest absolute Gasteiger partial charge is 0.261 e. The summed E-state index contributed by atoms with van der Waals surface area (Å²) in [5.74, 6) is 1.36. The number of pyridine rings is 1. The van der Waals surface area contributed by atoms with Crippen LogP contribution >= 0.6 is 11.3 Å². The van der Waals surface area contributed by atoms with Crippen molar-refractivity contribution in [3.8, 4) is 11.5 Å². The summed E-state index contributed by atoms with van der Waals surface area (Å²) < 4.78 is 10.7. The fourth-order valence-corrected chi connectivity index (χ4v) is 4.13. The first-order valence-corrected chi connectivity index (χ1v) is 9.45. The summed E-state index contributed by atoms with van der Waals surface area (Å²) in [4.78, 5) is 18.8. The molecule has 5 rings (SSSR count). The third kappa shape index (κ3) is 2.98. The molecule has 3 heterocycles. The van der Waals surface area contributed by atoms with Crippen molar-refractivity contribution in [2.75, 3.05) is 6.79 Å². The van der Waals surface area contributed by atoms with Crippen molar-refractivity contribution >= 4 is 38.4 Å². The van der Waals surface area contributed by atoms with Gasteiger partial charge in [-0.05, 0) is 48.9 Å². The van der Waals surface area contributed by atoms with Crippen LogP contribution in [0.3, 0.4) is 0 Å². The van der Waals surface area contributed by atoms with Crippen LogP contribution in [-0.2, 0) is 6.54 Å². The van der Waals surface area contributed by atoms with E-state index >= 15 is 0 Å². The third-order valence-corrected chi connectivity index (χ3v) is 5.61. The standard InChI is InChI=1S/C21H16N2O3S/c1-12-2-4-16-14(6-12)8-15-9-19(27-21(15)23-16)20(24)22-10-13-3-5-17-18(7-13)26-11-25-17/h2-9H,10-11H2,1H3,(H,22,24). The molecule has 1 aliphatic rings. The molecule has 1 amide bonds. The Bertz CT molecular complexity index is 1200. The quantitative estimate of drug-likeness (QED) is 0.575. The first kappa shape index (κ1) is 16.1. The highest BCUT2D eigenvalue weighted by Gasteiger charge is 2.15. The molecule has 0 unspecified atom stereocenters. The number of aryl methyl sites for hydroxylation is 1. The van der Waals surface area contributed by atoms with Crippen LogP contribution in [0.15, 0.2) is 48.5 Å². The van der Waals surface area contributed by atoms with E-state index in [-0.39, 0.29) is 12.7 Å². The van der Waals surface area contributed by atoms with Gasteiger partial charge in [0.05, 0.1) is 10.4 Å². The lowest BCUT2D eigenvalue weighted by Gasteiger charge is -2.04. The van der Waals surface area contributed by atoms with Gasteiger partial charge in [-0.1, -0.05) is 17.7 Å². The van der Waals surface area contributed by atoms with Crippen LogP contribution in [-0.4, -0.2) is 17.7 Å². The van der Waals surface area contributed by atoms with Crippen LogP contribution < -0.4 is 14.8 Å². The summed E-state index contributed by atoms with van der Waals surface area (Å²) in [5, 5.41) is 5.05. The van der Waals surface area contributed by atoms with Crippen molar-refractivity contribution in [2.45, 2.75) is 13.5 Å². The maximum Gasteiger partial charge on any atom is 0.261 e. The van der Waals surface area contributed by atoms with Gasteiger partial charge in [0.25, 0.3) is 5.91 Å². The molecular weight excluding hydrogens is 360 g/mol. The Balaban J connectivity index is 1.38. The van der Waals surface area contributed by atoms with Gasteiger partial charge in [-0.2, -0.15) is 0 Å². The van der Waals surface area contributed by atoms with E-state index in [0.717, 1.165) is 38.2 Å². The lowest BCUT2D eigenvalue weighted by atomic mass is 10.1. The van der Waals surface area contributed by atoms with Gasteiger partial charge in [0.2, 0.25) is 6.79 Å². The van der Waals surface area contributed by atoms with E-state index in [1.165, 1.54) is 16.9 Å². The van der Waals surface area contributed by atoms with Crippen molar-refractivity contribution < 1.29 is 14.3 Å². The van der Waals surface area contributed by atoms with Gasteiger partial charge in [-0.15, -0.1) is 11.3 Å². The molecule has 0 spiro atoms. The first-order chi connectivity index (χ1) is 13.2. The monoisotopic (exact) mass is 376 g/mol. The molecule has 0 atom stereocenters. The van der Waals surface area contributed by atoms with Crippen molar-refractivity contribution in [3.05, 3.63) is 64.5 Å². The van der Waals surface area contributed by atoms with Crippen LogP contribution in [0.5, 0.6) is 11.5 Å². The van der Waals surface area contributed by atoms with E-state index < -0.39 is 0 Å². The van der Waals surface area contributed by atoms with Gasteiger partial charge in [0, 0.05) is 17.3 Å². The molecule has 0 saturated carbocycles. The van der Waals surface area contributed by atoms with Gasteiger partial charge < -0.3 is 14.8 Å². The summed E-state index contributed by atoms with van der Waals surface area (Å²) in [6, 6.07) is 15.9. The molecule has 1 aliphatic heterocycles. The first-order valence-electron chi connectivity index (χ1n) is 8.63. The number of aromatic nitrogens is 1. The Labute approximate surface area is 159 Å². The third-order valence-electron chi connectivity index (χ3n) is 4.57. The number of amides is 1. The topological polar surface area (TPSA) is 60.5 Å². The number of hydrogen-bond acceptors (Lipinski definition) is 5. The Morgan fingerprint density at radius 1 is 1.07 bits per heavy atom. The summed E-state index contributed by atoms with van der Waals surface area (Å²) in [7, 11) is 0. The minimum atomic E-state index is -0.101. The van der Waals surface area contributed by atoms with Gasteiger partial charge in [0.15, 0.2) is 11.5 Å². The second-order valence-corrected chi connectivity index (χ2v) is 7.59. The predicted octanol–water partition coefficient (Wildman–Crippen LogP) is 4.42. The Morgan fingerprint density at radius 2 is 1.96 bits per heavy atom. The molecule has 2 aromatic carbocycles. The van der Waals surface area contributed by atoms with E-state index in [0.29, 0.717) is 11.4 Å². The second-order valence-electron chi connectivity index (χ2n) is 6.56. The zero-order chi connectivity index (χ0) is 18.4.